The summed E-state index contributed by atoms with van der Waals surface area (Å²) >= 11 is 0. The van der Waals surface area contributed by atoms with Crippen molar-refractivity contribution in [3.63, 3.8) is 0 Å². The van der Waals surface area contributed by atoms with Crippen molar-refractivity contribution < 1.29 is 27.9 Å². The van der Waals surface area contributed by atoms with Gasteiger partial charge in [0.1, 0.15) is 0 Å². The van der Waals surface area contributed by atoms with E-state index in [2.05, 4.69) is 0 Å². The van der Waals surface area contributed by atoms with Crippen molar-refractivity contribution in [2.24, 2.45) is 0 Å². The number of aliphatic hydroxyl groups excluding tert-OH is 1. The van der Waals surface area contributed by atoms with Crippen LogP contribution in [-0.2, 0) is 26.0 Å². The van der Waals surface area contributed by atoms with Gasteiger partial charge >= 0.3 is 5.97 Å². The first kappa shape index (κ1) is 19.8. The number of aliphatic hydroxyl groups is 1. The lowest BCUT2D eigenvalue weighted by Crippen LogP contribution is -2.48. The van der Waals surface area contributed by atoms with Crippen molar-refractivity contribution in [2.45, 2.75) is 50.8 Å². The van der Waals surface area contributed by atoms with E-state index in [0.717, 1.165) is 25.7 Å². The normalized spacial score (nSPS) is 21.9. The SMILES string of the molecule is O=C(OCC(=O)N(C1CCCC1)[C@@H]1CCS(=O)(=O)C1)c1ccc(CO)cc1. The molecular weight excluding hydrogens is 370 g/mol. The summed E-state index contributed by atoms with van der Waals surface area (Å²) in [5, 5.41) is 9.04. The summed E-state index contributed by atoms with van der Waals surface area (Å²) in [6, 6.07) is 6.01. The maximum atomic E-state index is 12.8. The number of carbonyl (C=O) groups is 2. The molecule has 1 heterocycles. The number of nitrogens with zero attached hydrogens (tertiary/aromatic N) is 1. The van der Waals surface area contributed by atoms with Crippen molar-refractivity contribution >= 4 is 21.7 Å². The average molecular weight is 395 g/mol. The van der Waals surface area contributed by atoms with Crippen molar-refractivity contribution in [1.82, 2.24) is 4.90 Å². The van der Waals surface area contributed by atoms with E-state index < -0.39 is 22.4 Å². The number of rotatable bonds is 6. The summed E-state index contributed by atoms with van der Waals surface area (Å²) in [4.78, 5) is 26.6. The minimum Gasteiger partial charge on any atom is -0.452 e. The van der Waals surface area contributed by atoms with E-state index in [-0.39, 0.29) is 36.1 Å². The van der Waals surface area contributed by atoms with Crippen molar-refractivity contribution in [3.05, 3.63) is 35.4 Å². The van der Waals surface area contributed by atoms with Crippen LogP contribution in [0, 0.1) is 0 Å². The predicted molar refractivity (Wildman–Crippen MR) is 98.8 cm³/mol. The molecule has 148 valence electrons. The summed E-state index contributed by atoms with van der Waals surface area (Å²) in [5.41, 5.74) is 0.980. The molecule has 8 heteroatoms. The summed E-state index contributed by atoms with van der Waals surface area (Å²) in [6.45, 7) is -0.512. The monoisotopic (exact) mass is 395 g/mol. The number of hydrogen-bond acceptors (Lipinski definition) is 6. The van der Waals surface area contributed by atoms with Crippen LogP contribution in [0.15, 0.2) is 24.3 Å². The Kier molecular flexibility index (Phi) is 6.16. The van der Waals surface area contributed by atoms with Crippen LogP contribution in [0.4, 0.5) is 0 Å². The van der Waals surface area contributed by atoms with Gasteiger partial charge < -0.3 is 14.7 Å². The minimum atomic E-state index is -3.11. The Hall–Kier alpha value is -1.93. The highest BCUT2D eigenvalue weighted by Crippen LogP contribution is 2.29. The van der Waals surface area contributed by atoms with Crippen LogP contribution in [0.1, 0.15) is 48.0 Å². The summed E-state index contributed by atoms with van der Waals surface area (Å²) < 4.78 is 28.9. The summed E-state index contributed by atoms with van der Waals surface area (Å²) in [7, 11) is -3.11. The Bertz CT molecular complexity index is 783. The molecule has 3 rings (SSSR count). The van der Waals surface area contributed by atoms with Crippen LogP contribution in [0.5, 0.6) is 0 Å². The van der Waals surface area contributed by atoms with Gasteiger partial charge in [-0.25, -0.2) is 13.2 Å². The molecule has 27 heavy (non-hydrogen) atoms. The van der Waals surface area contributed by atoms with E-state index in [1.54, 1.807) is 17.0 Å². The second-order valence-corrected chi connectivity index (χ2v) is 9.46. The smallest absolute Gasteiger partial charge is 0.338 e. The highest BCUT2D eigenvalue weighted by atomic mass is 32.2. The third-order valence-corrected chi connectivity index (χ3v) is 7.06. The molecule has 2 fully saturated rings. The van der Waals surface area contributed by atoms with Crippen molar-refractivity contribution in [1.29, 1.82) is 0 Å². The molecule has 1 saturated carbocycles. The van der Waals surface area contributed by atoms with Gasteiger partial charge in [-0.3, -0.25) is 4.79 Å². The second-order valence-electron chi connectivity index (χ2n) is 7.23. The third-order valence-electron chi connectivity index (χ3n) is 5.31. The number of ether oxygens (including phenoxy) is 1. The van der Waals surface area contributed by atoms with Gasteiger partial charge in [0.25, 0.3) is 5.91 Å². The van der Waals surface area contributed by atoms with E-state index >= 15 is 0 Å². The molecule has 1 aliphatic heterocycles. The molecule has 0 radical (unpaired) electrons. The quantitative estimate of drug-likeness (QED) is 0.729. The molecule has 1 saturated heterocycles. The van der Waals surface area contributed by atoms with Gasteiger partial charge in [0.05, 0.1) is 23.7 Å². The number of hydrogen-bond donors (Lipinski definition) is 1. The lowest BCUT2D eigenvalue weighted by molar-refractivity contribution is -0.139. The maximum absolute atomic E-state index is 12.8. The van der Waals surface area contributed by atoms with Crippen LogP contribution < -0.4 is 0 Å². The molecule has 0 bridgehead atoms. The highest BCUT2D eigenvalue weighted by molar-refractivity contribution is 7.91. The van der Waals surface area contributed by atoms with Gasteiger partial charge in [0, 0.05) is 12.1 Å². The fourth-order valence-corrected chi connectivity index (χ4v) is 5.63. The van der Waals surface area contributed by atoms with Gasteiger partial charge in [-0.05, 0) is 37.0 Å². The molecule has 1 amide bonds. The Morgan fingerprint density at radius 1 is 1.07 bits per heavy atom. The molecule has 7 nitrogen and oxygen atoms in total. The molecule has 1 N–H and O–H groups in total. The molecular formula is C19H25NO6S. The zero-order chi connectivity index (χ0) is 19.4. The summed E-state index contributed by atoms with van der Waals surface area (Å²) in [6.07, 6.45) is 4.20. The standard InChI is InChI=1S/C19H25NO6S/c21-11-14-5-7-15(8-6-14)19(23)26-12-18(22)20(16-3-1-2-4-16)17-9-10-27(24,25)13-17/h5-8,16-17,21H,1-4,9-13H2/t17-/m1/s1. The van der Waals surface area contributed by atoms with E-state index in [1.807, 2.05) is 0 Å². The minimum absolute atomic E-state index is 0.00813. The average Bonchev–Trinajstić information content (AvgIpc) is 3.30. The first-order valence-electron chi connectivity index (χ1n) is 9.28. The van der Waals surface area contributed by atoms with E-state index in [1.165, 1.54) is 12.1 Å². The Morgan fingerprint density at radius 2 is 1.74 bits per heavy atom. The van der Waals surface area contributed by atoms with Gasteiger partial charge in [-0.1, -0.05) is 25.0 Å². The molecule has 1 atom stereocenters. The zero-order valence-corrected chi connectivity index (χ0v) is 16.0. The van der Waals surface area contributed by atoms with Gasteiger partial charge in [0.2, 0.25) is 0 Å². The van der Waals surface area contributed by atoms with Crippen LogP contribution in [-0.4, -0.2) is 60.5 Å². The Labute approximate surface area is 159 Å². The van der Waals surface area contributed by atoms with Crippen molar-refractivity contribution in [3.8, 4) is 0 Å². The lowest BCUT2D eigenvalue weighted by atomic mass is 10.1. The van der Waals surface area contributed by atoms with Crippen LogP contribution in [0.3, 0.4) is 0 Å². The predicted octanol–water partition coefficient (Wildman–Crippen LogP) is 1.29. The fraction of sp³-hybridized carbons (Fsp3) is 0.579. The molecule has 1 aliphatic carbocycles. The summed E-state index contributed by atoms with van der Waals surface area (Å²) in [5.74, 6) is -0.848. The highest BCUT2D eigenvalue weighted by Gasteiger charge is 2.39. The second kappa shape index (κ2) is 8.39. The number of amides is 1. The van der Waals surface area contributed by atoms with Gasteiger partial charge in [-0.15, -0.1) is 0 Å². The Balaban J connectivity index is 1.64. The number of sulfone groups is 1. The van der Waals surface area contributed by atoms with Crippen LogP contribution in [0.25, 0.3) is 0 Å². The lowest BCUT2D eigenvalue weighted by Gasteiger charge is -2.33. The van der Waals surface area contributed by atoms with Crippen molar-refractivity contribution in [2.75, 3.05) is 18.1 Å². The van der Waals surface area contributed by atoms with E-state index in [9.17, 15) is 18.0 Å². The van der Waals surface area contributed by atoms with E-state index in [4.69, 9.17) is 9.84 Å². The number of benzene rings is 1. The van der Waals surface area contributed by atoms with Crippen LogP contribution in [0.2, 0.25) is 0 Å². The maximum Gasteiger partial charge on any atom is 0.338 e. The third kappa shape index (κ3) is 4.87. The largest absolute Gasteiger partial charge is 0.452 e. The van der Waals surface area contributed by atoms with Crippen LogP contribution >= 0.6 is 0 Å². The molecule has 0 unspecified atom stereocenters. The molecule has 0 spiro atoms. The first-order valence-corrected chi connectivity index (χ1v) is 11.1. The molecule has 1 aromatic carbocycles. The molecule has 0 aromatic heterocycles. The number of esters is 1. The molecule has 2 aliphatic rings. The van der Waals surface area contributed by atoms with Gasteiger partial charge in [-0.2, -0.15) is 0 Å². The zero-order valence-electron chi connectivity index (χ0n) is 15.2. The number of carbonyl (C=O) groups excluding carboxylic acids is 2. The van der Waals surface area contributed by atoms with Gasteiger partial charge in [0.15, 0.2) is 16.4 Å². The van der Waals surface area contributed by atoms with E-state index in [0.29, 0.717) is 17.5 Å². The topological polar surface area (TPSA) is 101 Å². The fourth-order valence-electron chi connectivity index (χ4n) is 3.91. The molecule has 1 aromatic rings. The first-order chi connectivity index (χ1) is 12.9. The Morgan fingerprint density at radius 3 is 2.30 bits per heavy atom.